The minimum atomic E-state index is 0.510. The molecule has 1 rings (SSSR count). The summed E-state index contributed by atoms with van der Waals surface area (Å²) in [5.41, 5.74) is 0.510. The molecule has 1 saturated carbocycles. The van der Waals surface area contributed by atoms with Crippen molar-refractivity contribution in [1.82, 2.24) is 5.32 Å². The van der Waals surface area contributed by atoms with Crippen LogP contribution in [0.15, 0.2) is 0 Å². The first-order valence-electron chi connectivity index (χ1n) is 3.91. The zero-order valence-corrected chi connectivity index (χ0v) is 6.52. The van der Waals surface area contributed by atoms with Crippen molar-refractivity contribution in [3.05, 3.63) is 0 Å². The maximum Gasteiger partial charge on any atom is 0.120 e. The van der Waals surface area contributed by atoms with E-state index in [-0.39, 0.29) is 0 Å². The molecule has 1 aliphatic carbocycles. The van der Waals surface area contributed by atoms with E-state index in [0.29, 0.717) is 5.41 Å². The van der Waals surface area contributed by atoms with Crippen LogP contribution in [0.4, 0.5) is 0 Å². The molecule has 0 aromatic heterocycles. The first-order valence-corrected chi connectivity index (χ1v) is 3.91. The van der Waals surface area contributed by atoms with Crippen LogP contribution in [0, 0.1) is 5.41 Å². The minimum absolute atomic E-state index is 0.510. The number of nitrogens with one attached hydrogen (secondary N) is 1. The molecule has 2 nitrogen and oxygen atoms in total. The van der Waals surface area contributed by atoms with E-state index in [1.54, 1.807) is 0 Å². The Hall–Kier alpha value is -0.370. The van der Waals surface area contributed by atoms with Gasteiger partial charge >= 0.3 is 0 Å². The Balaban J connectivity index is 2.16. The van der Waals surface area contributed by atoms with E-state index in [1.807, 2.05) is 7.05 Å². The van der Waals surface area contributed by atoms with E-state index in [0.717, 1.165) is 25.7 Å². The molecule has 1 N–H and O–H groups in total. The molecule has 0 aromatic rings. The third kappa shape index (κ3) is 1.81. The third-order valence-electron chi connectivity index (χ3n) is 2.30. The summed E-state index contributed by atoms with van der Waals surface area (Å²) in [5.74, 6) is 0. The van der Waals surface area contributed by atoms with Gasteiger partial charge in [-0.25, -0.2) is 0 Å². The minimum Gasteiger partial charge on any atom is -0.319 e. The van der Waals surface area contributed by atoms with Gasteiger partial charge in [-0.2, -0.15) is 0 Å². The predicted octanol–water partition coefficient (Wildman–Crippen LogP) is 0.965. The van der Waals surface area contributed by atoms with E-state index in [4.69, 9.17) is 0 Å². The number of hydrogen-bond acceptors (Lipinski definition) is 2. The fourth-order valence-electron chi connectivity index (χ4n) is 1.43. The molecule has 0 heterocycles. The maximum atomic E-state index is 10.1. The Morgan fingerprint density at radius 3 is 2.70 bits per heavy atom. The van der Waals surface area contributed by atoms with Crippen molar-refractivity contribution in [3.8, 4) is 0 Å². The van der Waals surface area contributed by atoms with Gasteiger partial charge in [-0.05, 0) is 31.7 Å². The number of carbonyl (C=O) groups excluding carboxylic acids is 1. The molecule has 0 unspecified atom stereocenters. The van der Waals surface area contributed by atoms with Crippen molar-refractivity contribution in [3.63, 3.8) is 0 Å². The molecule has 10 heavy (non-hydrogen) atoms. The summed E-state index contributed by atoms with van der Waals surface area (Å²) in [5, 5.41) is 3.16. The third-order valence-corrected chi connectivity index (χ3v) is 2.30. The molecule has 1 aliphatic rings. The van der Waals surface area contributed by atoms with Gasteiger partial charge in [0.2, 0.25) is 0 Å². The van der Waals surface area contributed by atoms with Crippen LogP contribution in [0.2, 0.25) is 0 Å². The Kier molecular flexibility index (Phi) is 2.44. The summed E-state index contributed by atoms with van der Waals surface area (Å²) < 4.78 is 0. The second-order valence-electron chi connectivity index (χ2n) is 3.24. The van der Waals surface area contributed by atoms with Crippen LogP contribution in [-0.4, -0.2) is 19.9 Å². The maximum absolute atomic E-state index is 10.1. The fraction of sp³-hybridized carbons (Fsp3) is 0.875. The Morgan fingerprint density at radius 1 is 1.60 bits per heavy atom. The van der Waals surface area contributed by atoms with Crippen LogP contribution in [0.5, 0.6) is 0 Å². The highest BCUT2D eigenvalue weighted by Crippen LogP contribution is 2.48. The second-order valence-corrected chi connectivity index (χ2v) is 3.24. The zero-order valence-electron chi connectivity index (χ0n) is 6.52. The van der Waals surface area contributed by atoms with Crippen LogP contribution >= 0.6 is 0 Å². The Morgan fingerprint density at radius 2 is 2.30 bits per heavy atom. The summed E-state index contributed by atoms with van der Waals surface area (Å²) in [6.07, 6.45) is 5.46. The van der Waals surface area contributed by atoms with Gasteiger partial charge in [0.15, 0.2) is 0 Å². The van der Waals surface area contributed by atoms with Gasteiger partial charge in [-0.1, -0.05) is 0 Å². The molecular formula is C8H15NO. The van der Waals surface area contributed by atoms with Crippen molar-refractivity contribution >= 4 is 6.29 Å². The lowest BCUT2D eigenvalue weighted by Gasteiger charge is -2.11. The predicted molar refractivity (Wildman–Crippen MR) is 40.9 cm³/mol. The molecule has 0 aliphatic heterocycles. The van der Waals surface area contributed by atoms with Gasteiger partial charge in [0.1, 0.15) is 6.29 Å². The summed E-state index contributed by atoms with van der Waals surface area (Å²) >= 11 is 0. The highest BCUT2D eigenvalue weighted by Gasteiger charge is 2.40. The average Bonchev–Trinajstić information content (AvgIpc) is 2.67. The van der Waals surface area contributed by atoms with Crippen LogP contribution < -0.4 is 5.32 Å². The topological polar surface area (TPSA) is 29.1 Å². The summed E-state index contributed by atoms with van der Waals surface area (Å²) in [4.78, 5) is 10.1. The molecule has 2 heteroatoms. The largest absolute Gasteiger partial charge is 0.319 e. The van der Waals surface area contributed by atoms with Crippen LogP contribution in [0.3, 0.4) is 0 Å². The van der Waals surface area contributed by atoms with Crippen LogP contribution in [0.25, 0.3) is 0 Å². The Labute approximate surface area is 62.0 Å². The van der Waals surface area contributed by atoms with Crippen molar-refractivity contribution in [1.29, 1.82) is 0 Å². The van der Waals surface area contributed by atoms with Gasteiger partial charge in [0.05, 0.1) is 0 Å². The quantitative estimate of drug-likeness (QED) is 0.578. The van der Waals surface area contributed by atoms with Crippen LogP contribution in [0.1, 0.15) is 25.7 Å². The van der Waals surface area contributed by atoms with Gasteiger partial charge in [0, 0.05) is 13.0 Å². The highest BCUT2D eigenvalue weighted by molar-refractivity contribution is 5.49. The second kappa shape index (κ2) is 3.15. The van der Waals surface area contributed by atoms with E-state index in [2.05, 4.69) is 5.32 Å². The van der Waals surface area contributed by atoms with Gasteiger partial charge in [-0.15, -0.1) is 0 Å². The number of rotatable bonds is 5. The normalized spacial score (nSPS) is 20.5. The molecular weight excluding hydrogens is 126 g/mol. The number of aldehydes is 1. The highest BCUT2D eigenvalue weighted by atomic mass is 16.1. The van der Waals surface area contributed by atoms with Crippen LogP contribution in [-0.2, 0) is 4.79 Å². The Bertz CT molecular complexity index is 118. The van der Waals surface area contributed by atoms with Crippen molar-refractivity contribution < 1.29 is 4.79 Å². The molecule has 1 fully saturated rings. The molecule has 0 atom stereocenters. The van der Waals surface area contributed by atoms with Crippen molar-refractivity contribution in [2.24, 2.45) is 5.41 Å². The molecule has 0 aromatic carbocycles. The van der Waals surface area contributed by atoms with E-state index >= 15 is 0 Å². The molecule has 0 amide bonds. The van der Waals surface area contributed by atoms with E-state index in [9.17, 15) is 4.79 Å². The summed E-state index contributed by atoms with van der Waals surface area (Å²) in [6, 6.07) is 0. The number of hydrogen-bond donors (Lipinski definition) is 1. The first kappa shape index (κ1) is 7.73. The van der Waals surface area contributed by atoms with E-state index in [1.165, 1.54) is 12.8 Å². The molecule has 58 valence electrons. The van der Waals surface area contributed by atoms with Gasteiger partial charge in [-0.3, -0.25) is 0 Å². The monoisotopic (exact) mass is 141 g/mol. The summed E-state index contributed by atoms with van der Waals surface area (Å²) in [7, 11) is 1.97. The SMILES string of the molecule is CNCC1(CCC=O)CC1. The average molecular weight is 141 g/mol. The van der Waals surface area contributed by atoms with Crippen molar-refractivity contribution in [2.45, 2.75) is 25.7 Å². The zero-order chi connectivity index (χ0) is 7.45. The molecule has 0 radical (unpaired) electrons. The van der Waals surface area contributed by atoms with E-state index < -0.39 is 0 Å². The smallest absolute Gasteiger partial charge is 0.120 e. The molecule has 0 saturated heterocycles. The number of carbonyl (C=O) groups is 1. The fourth-order valence-corrected chi connectivity index (χ4v) is 1.43. The lowest BCUT2D eigenvalue weighted by Crippen LogP contribution is -2.19. The lowest BCUT2D eigenvalue weighted by molar-refractivity contribution is -0.108. The summed E-state index contributed by atoms with van der Waals surface area (Å²) in [6.45, 7) is 1.08. The molecule has 0 spiro atoms. The van der Waals surface area contributed by atoms with Gasteiger partial charge in [0.25, 0.3) is 0 Å². The van der Waals surface area contributed by atoms with Gasteiger partial charge < -0.3 is 10.1 Å². The first-order chi connectivity index (χ1) is 4.83. The standard InChI is InChI=1S/C8H15NO/c1-9-7-8(4-5-8)3-2-6-10/h6,9H,2-5,7H2,1H3. The molecule has 0 bridgehead atoms. The lowest BCUT2D eigenvalue weighted by atomic mass is 10.0. The van der Waals surface area contributed by atoms with Crippen molar-refractivity contribution in [2.75, 3.05) is 13.6 Å².